The molecule has 0 N–H and O–H groups in total. The van der Waals surface area contributed by atoms with Crippen molar-refractivity contribution < 1.29 is 9.53 Å². The molecule has 1 amide bonds. The van der Waals surface area contributed by atoms with E-state index in [-0.39, 0.29) is 18.3 Å². The fourth-order valence-electron chi connectivity index (χ4n) is 3.75. The molecule has 166 valence electrons. The number of fused-ring (bicyclic) bond motifs is 1. The Labute approximate surface area is 194 Å². The highest BCUT2D eigenvalue weighted by atomic mass is 35.5. The fourth-order valence-corrected chi connectivity index (χ4v) is 4.81. The molecule has 0 atom stereocenters. The number of aromatic nitrogens is 1. The molecule has 5 nitrogen and oxygen atoms in total. The van der Waals surface area contributed by atoms with Crippen molar-refractivity contribution in [3.8, 4) is 0 Å². The molecule has 1 fully saturated rings. The van der Waals surface area contributed by atoms with Gasteiger partial charge in [-0.2, -0.15) is 0 Å². The third-order valence-electron chi connectivity index (χ3n) is 5.69. The average Bonchev–Trinajstić information content (AvgIpc) is 3.19. The van der Waals surface area contributed by atoms with Crippen LogP contribution in [0.2, 0.25) is 0 Å². The van der Waals surface area contributed by atoms with E-state index in [1.54, 1.807) is 11.3 Å². The van der Waals surface area contributed by atoms with Crippen molar-refractivity contribution in [2.45, 2.75) is 27.2 Å². The zero-order valence-electron chi connectivity index (χ0n) is 18.4. The Kier molecular flexibility index (Phi) is 8.06. The molecular formula is C24H30ClN3O2S. The summed E-state index contributed by atoms with van der Waals surface area (Å²) in [6.45, 7) is 10.9. The first kappa shape index (κ1) is 23.7. The van der Waals surface area contributed by atoms with Gasteiger partial charge in [-0.25, -0.2) is 4.98 Å². The van der Waals surface area contributed by atoms with Gasteiger partial charge in [0.15, 0.2) is 5.13 Å². The molecule has 0 saturated carbocycles. The second-order valence-electron chi connectivity index (χ2n) is 7.88. The first-order valence-corrected chi connectivity index (χ1v) is 11.5. The van der Waals surface area contributed by atoms with E-state index >= 15 is 0 Å². The van der Waals surface area contributed by atoms with Gasteiger partial charge in [-0.05, 0) is 49.6 Å². The van der Waals surface area contributed by atoms with Crippen LogP contribution in [0, 0.1) is 13.8 Å². The second kappa shape index (κ2) is 10.6. The summed E-state index contributed by atoms with van der Waals surface area (Å²) in [5.74, 6) is 0.0271. The summed E-state index contributed by atoms with van der Waals surface area (Å²) < 4.78 is 6.60. The average molecular weight is 460 g/mol. The first-order chi connectivity index (χ1) is 14.5. The first-order valence-electron chi connectivity index (χ1n) is 10.6. The van der Waals surface area contributed by atoms with Gasteiger partial charge in [-0.1, -0.05) is 42.0 Å². The van der Waals surface area contributed by atoms with Crippen molar-refractivity contribution in [2.75, 3.05) is 44.3 Å². The molecule has 1 saturated heterocycles. The molecule has 3 aromatic rings. The largest absolute Gasteiger partial charge is 0.379 e. The standard InChI is InChI=1S/C24H29N3O2S.ClH/c1-4-19-7-8-21-22(16-19)30-24(25-21)27(10-9-26-11-13-29-14-12-26)23(28)20-15-17(2)5-6-18(20)3;/h5-8,15-16H,4,9-14H2,1-3H3;1H. The number of carbonyl (C=O) groups excluding carboxylic acids is 1. The van der Waals surface area contributed by atoms with Crippen LogP contribution in [-0.4, -0.2) is 55.2 Å². The Balaban J connectivity index is 0.00000272. The van der Waals surface area contributed by atoms with E-state index in [9.17, 15) is 4.79 Å². The number of thiazole rings is 1. The van der Waals surface area contributed by atoms with Gasteiger partial charge in [0, 0.05) is 31.7 Å². The lowest BCUT2D eigenvalue weighted by molar-refractivity contribution is 0.0391. The Morgan fingerprint density at radius 2 is 1.94 bits per heavy atom. The van der Waals surface area contributed by atoms with Gasteiger partial charge in [-0.3, -0.25) is 14.6 Å². The highest BCUT2D eigenvalue weighted by Crippen LogP contribution is 2.31. The highest BCUT2D eigenvalue weighted by molar-refractivity contribution is 7.22. The Morgan fingerprint density at radius 1 is 1.16 bits per heavy atom. The van der Waals surface area contributed by atoms with Gasteiger partial charge in [0.1, 0.15) is 0 Å². The Bertz CT molecular complexity index is 1050. The van der Waals surface area contributed by atoms with E-state index in [4.69, 9.17) is 9.72 Å². The third kappa shape index (κ3) is 5.44. The molecule has 0 spiro atoms. The van der Waals surface area contributed by atoms with Gasteiger partial charge < -0.3 is 4.74 Å². The van der Waals surface area contributed by atoms with Gasteiger partial charge in [0.2, 0.25) is 0 Å². The number of halogens is 1. The summed E-state index contributed by atoms with van der Waals surface area (Å²) >= 11 is 1.61. The number of aryl methyl sites for hydroxylation is 3. The molecule has 1 aromatic heterocycles. The summed E-state index contributed by atoms with van der Waals surface area (Å²) in [5, 5.41) is 0.775. The van der Waals surface area contributed by atoms with Gasteiger partial charge in [0.05, 0.1) is 23.4 Å². The van der Waals surface area contributed by atoms with E-state index in [1.165, 1.54) is 5.56 Å². The number of carbonyl (C=O) groups is 1. The van der Waals surface area contributed by atoms with E-state index in [1.807, 2.05) is 36.9 Å². The molecular weight excluding hydrogens is 430 g/mol. The van der Waals surface area contributed by atoms with Crippen LogP contribution in [0.1, 0.15) is 34.0 Å². The molecule has 2 heterocycles. The predicted octanol–water partition coefficient (Wildman–Crippen LogP) is 4.88. The summed E-state index contributed by atoms with van der Waals surface area (Å²) in [4.78, 5) is 22.7. The van der Waals surface area contributed by atoms with Crippen molar-refractivity contribution in [2.24, 2.45) is 0 Å². The molecule has 1 aliphatic heterocycles. The quantitative estimate of drug-likeness (QED) is 0.527. The van der Waals surface area contributed by atoms with Crippen molar-refractivity contribution in [1.82, 2.24) is 9.88 Å². The minimum Gasteiger partial charge on any atom is -0.379 e. The second-order valence-corrected chi connectivity index (χ2v) is 8.89. The number of hydrogen-bond donors (Lipinski definition) is 0. The van der Waals surface area contributed by atoms with Crippen LogP contribution in [0.15, 0.2) is 36.4 Å². The van der Waals surface area contributed by atoms with Crippen molar-refractivity contribution >= 4 is 45.0 Å². The van der Waals surface area contributed by atoms with E-state index in [0.717, 1.165) is 71.3 Å². The number of benzene rings is 2. The summed E-state index contributed by atoms with van der Waals surface area (Å²) in [5.41, 5.74) is 5.09. The Morgan fingerprint density at radius 3 is 2.68 bits per heavy atom. The number of nitrogens with zero attached hydrogens (tertiary/aromatic N) is 3. The number of hydrogen-bond acceptors (Lipinski definition) is 5. The number of rotatable bonds is 6. The normalized spacial score (nSPS) is 14.4. The molecule has 31 heavy (non-hydrogen) atoms. The zero-order chi connectivity index (χ0) is 21.1. The highest BCUT2D eigenvalue weighted by Gasteiger charge is 2.24. The van der Waals surface area contributed by atoms with Crippen LogP contribution in [0.5, 0.6) is 0 Å². The number of anilines is 1. The Hall–Kier alpha value is -1.99. The van der Waals surface area contributed by atoms with Gasteiger partial charge >= 0.3 is 0 Å². The molecule has 0 aliphatic carbocycles. The maximum absolute atomic E-state index is 13.6. The fraction of sp³-hybridized carbons (Fsp3) is 0.417. The number of ether oxygens (including phenoxy) is 1. The molecule has 4 rings (SSSR count). The molecule has 0 unspecified atom stereocenters. The van der Waals surface area contributed by atoms with E-state index in [0.29, 0.717) is 6.54 Å². The number of amides is 1. The predicted molar refractivity (Wildman–Crippen MR) is 131 cm³/mol. The maximum atomic E-state index is 13.6. The van der Waals surface area contributed by atoms with Crippen molar-refractivity contribution in [3.63, 3.8) is 0 Å². The molecule has 1 aliphatic rings. The number of morpholine rings is 1. The summed E-state index contributed by atoms with van der Waals surface area (Å²) in [7, 11) is 0. The van der Waals surface area contributed by atoms with E-state index < -0.39 is 0 Å². The van der Waals surface area contributed by atoms with Crippen LogP contribution in [-0.2, 0) is 11.2 Å². The molecule has 0 radical (unpaired) electrons. The topological polar surface area (TPSA) is 45.7 Å². The van der Waals surface area contributed by atoms with Crippen LogP contribution in [0.25, 0.3) is 10.2 Å². The molecule has 2 aromatic carbocycles. The lowest BCUT2D eigenvalue weighted by Crippen LogP contribution is -2.43. The summed E-state index contributed by atoms with van der Waals surface area (Å²) in [6, 6.07) is 12.4. The SMILES string of the molecule is CCc1ccc2nc(N(CCN3CCOCC3)C(=O)c3cc(C)ccc3C)sc2c1.Cl. The van der Waals surface area contributed by atoms with Crippen LogP contribution < -0.4 is 4.90 Å². The van der Waals surface area contributed by atoms with E-state index in [2.05, 4.69) is 30.0 Å². The smallest absolute Gasteiger partial charge is 0.260 e. The third-order valence-corrected chi connectivity index (χ3v) is 6.73. The van der Waals surface area contributed by atoms with Gasteiger partial charge in [0.25, 0.3) is 5.91 Å². The maximum Gasteiger partial charge on any atom is 0.260 e. The van der Waals surface area contributed by atoms with Crippen LogP contribution >= 0.6 is 23.7 Å². The van der Waals surface area contributed by atoms with Crippen LogP contribution in [0.3, 0.4) is 0 Å². The lowest BCUT2D eigenvalue weighted by Gasteiger charge is -2.29. The lowest BCUT2D eigenvalue weighted by atomic mass is 10.0. The zero-order valence-corrected chi connectivity index (χ0v) is 20.0. The monoisotopic (exact) mass is 459 g/mol. The van der Waals surface area contributed by atoms with Crippen molar-refractivity contribution in [1.29, 1.82) is 0 Å². The van der Waals surface area contributed by atoms with Gasteiger partial charge in [-0.15, -0.1) is 12.4 Å². The van der Waals surface area contributed by atoms with Crippen molar-refractivity contribution in [3.05, 3.63) is 58.7 Å². The molecule has 0 bridgehead atoms. The molecule has 7 heteroatoms. The minimum atomic E-state index is 0. The van der Waals surface area contributed by atoms with Crippen LogP contribution in [0.4, 0.5) is 5.13 Å². The minimum absolute atomic E-state index is 0. The summed E-state index contributed by atoms with van der Waals surface area (Å²) in [6.07, 6.45) is 0.991.